The van der Waals surface area contributed by atoms with Crippen LogP contribution >= 0.6 is 23.4 Å². The van der Waals surface area contributed by atoms with E-state index in [1.807, 2.05) is 73.3 Å². The van der Waals surface area contributed by atoms with Gasteiger partial charge in [-0.1, -0.05) is 55.8 Å². The lowest BCUT2D eigenvalue weighted by Crippen LogP contribution is -2.44. The van der Waals surface area contributed by atoms with E-state index in [0.29, 0.717) is 35.0 Å². The fourth-order valence-electron chi connectivity index (χ4n) is 3.40. The Bertz CT molecular complexity index is 1070. The van der Waals surface area contributed by atoms with Crippen molar-refractivity contribution < 1.29 is 9.32 Å². The highest BCUT2D eigenvalue weighted by Crippen LogP contribution is 2.29. The van der Waals surface area contributed by atoms with Gasteiger partial charge < -0.3 is 9.42 Å². The van der Waals surface area contributed by atoms with Gasteiger partial charge in [0.15, 0.2) is 0 Å². The summed E-state index contributed by atoms with van der Waals surface area (Å²) in [6.45, 7) is 4.47. The molecule has 1 unspecified atom stereocenters. The van der Waals surface area contributed by atoms with E-state index in [1.54, 1.807) is 16.8 Å². The predicted molar refractivity (Wildman–Crippen MR) is 124 cm³/mol. The van der Waals surface area contributed by atoms with Crippen molar-refractivity contribution in [2.24, 2.45) is 5.10 Å². The van der Waals surface area contributed by atoms with E-state index < -0.39 is 0 Å². The second-order valence-corrected chi connectivity index (χ2v) is 8.09. The number of rotatable bonds is 4. The maximum atomic E-state index is 12.4. The zero-order valence-electron chi connectivity index (χ0n) is 17.2. The summed E-state index contributed by atoms with van der Waals surface area (Å²) in [5.41, 5.74) is 2.55. The van der Waals surface area contributed by atoms with Crippen LogP contribution in [0.1, 0.15) is 19.4 Å². The van der Waals surface area contributed by atoms with Crippen molar-refractivity contribution >= 4 is 40.9 Å². The topological polar surface area (TPSA) is 74.8 Å². The first-order valence-electron chi connectivity index (χ1n) is 10.1. The number of carbonyl (C=O) groups excluding carboxylic acids is 1. The van der Waals surface area contributed by atoms with E-state index in [1.165, 1.54) is 0 Å². The quantitative estimate of drug-likeness (QED) is 0.574. The maximum absolute atomic E-state index is 12.4. The van der Waals surface area contributed by atoms with E-state index >= 15 is 0 Å². The number of hydrazone groups is 1. The zero-order chi connectivity index (χ0) is 21.8. The van der Waals surface area contributed by atoms with Crippen LogP contribution < -0.4 is 5.01 Å². The maximum Gasteiger partial charge on any atom is 0.286 e. The van der Waals surface area contributed by atoms with Gasteiger partial charge in [-0.3, -0.25) is 4.79 Å². The molecule has 9 heteroatoms. The van der Waals surface area contributed by atoms with E-state index in [9.17, 15) is 4.79 Å². The van der Waals surface area contributed by atoms with Crippen LogP contribution in [0.5, 0.6) is 0 Å². The van der Waals surface area contributed by atoms with Crippen LogP contribution in [0.4, 0.5) is 5.95 Å². The van der Waals surface area contributed by atoms with Gasteiger partial charge in [-0.2, -0.15) is 10.1 Å². The largest absolute Gasteiger partial charge is 0.332 e. The van der Waals surface area contributed by atoms with Crippen LogP contribution in [0.15, 0.2) is 64.2 Å². The van der Waals surface area contributed by atoms with Crippen molar-refractivity contribution in [1.82, 2.24) is 15.0 Å². The van der Waals surface area contributed by atoms with Crippen LogP contribution in [0.3, 0.4) is 0 Å². The molecule has 0 saturated carbocycles. The Hall–Kier alpha value is -2.84. The number of thioether (sulfide) groups is 1. The summed E-state index contributed by atoms with van der Waals surface area (Å²) in [4.78, 5) is 18.7. The van der Waals surface area contributed by atoms with Crippen molar-refractivity contribution in [1.29, 1.82) is 0 Å². The van der Waals surface area contributed by atoms with Gasteiger partial charge in [-0.25, -0.2) is 5.01 Å². The SMILES string of the molecule is CC.O=C1CSCN1C1CN(c2noc(-c3ccccc3)n2)N=C1c1ccc(Cl)cc1. The third kappa shape index (κ3) is 4.45. The molecule has 2 aliphatic rings. The smallest absolute Gasteiger partial charge is 0.286 e. The Morgan fingerprint density at radius 1 is 1.06 bits per heavy atom. The highest BCUT2D eigenvalue weighted by atomic mass is 35.5. The van der Waals surface area contributed by atoms with Gasteiger partial charge in [-0.05, 0) is 29.4 Å². The first kappa shape index (κ1) is 21.4. The van der Waals surface area contributed by atoms with Crippen molar-refractivity contribution in [2.45, 2.75) is 19.9 Å². The number of amides is 1. The summed E-state index contributed by atoms with van der Waals surface area (Å²) in [7, 11) is 0. The lowest BCUT2D eigenvalue weighted by molar-refractivity contribution is -0.127. The second-order valence-electron chi connectivity index (χ2n) is 6.70. The Balaban J connectivity index is 0.00000112. The Morgan fingerprint density at radius 3 is 2.48 bits per heavy atom. The zero-order valence-corrected chi connectivity index (χ0v) is 18.8. The summed E-state index contributed by atoms with van der Waals surface area (Å²) < 4.78 is 5.43. The second kappa shape index (κ2) is 9.53. The molecule has 0 aliphatic carbocycles. The summed E-state index contributed by atoms with van der Waals surface area (Å²) in [6.07, 6.45) is 0. The minimum absolute atomic E-state index is 0.113. The fraction of sp³-hybridized carbons (Fsp3) is 0.273. The minimum atomic E-state index is -0.183. The van der Waals surface area contributed by atoms with E-state index in [-0.39, 0.29) is 11.9 Å². The van der Waals surface area contributed by atoms with Crippen LogP contribution in [0.25, 0.3) is 11.5 Å². The molecule has 1 fully saturated rings. The number of hydrogen-bond donors (Lipinski definition) is 0. The molecule has 0 radical (unpaired) electrons. The number of hydrogen-bond acceptors (Lipinski definition) is 7. The van der Waals surface area contributed by atoms with E-state index in [4.69, 9.17) is 21.2 Å². The molecule has 7 nitrogen and oxygen atoms in total. The van der Waals surface area contributed by atoms with Crippen LogP contribution in [-0.4, -0.2) is 50.9 Å². The first-order valence-corrected chi connectivity index (χ1v) is 11.6. The van der Waals surface area contributed by atoms with Gasteiger partial charge in [0.25, 0.3) is 11.8 Å². The van der Waals surface area contributed by atoms with Gasteiger partial charge in [0.2, 0.25) is 5.91 Å². The third-order valence-corrected chi connectivity index (χ3v) is 6.01. The summed E-state index contributed by atoms with van der Waals surface area (Å²) in [6, 6.07) is 16.9. The fourth-order valence-corrected chi connectivity index (χ4v) is 4.48. The number of aromatic nitrogens is 2. The molecule has 0 spiro atoms. The molecule has 3 aromatic rings. The lowest BCUT2D eigenvalue weighted by Gasteiger charge is -2.24. The molecule has 2 aromatic carbocycles. The molecule has 1 atom stereocenters. The molecule has 5 rings (SSSR count). The average molecular weight is 456 g/mol. The van der Waals surface area contributed by atoms with Gasteiger partial charge >= 0.3 is 0 Å². The average Bonchev–Trinajstić information content (AvgIpc) is 3.55. The van der Waals surface area contributed by atoms with Gasteiger partial charge in [-0.15, -0.1) is 11.8 Å². The number of halogens is 1. The molecule has 160 valence electrons. The number of benzene rings is 2. The molecule has 1 aromatic heterocycles. The predicted octanol–water partition coefficient (Wildman–Crippen LogP) is 4.54. The van der Waals surface area contributed by atoms with Crippen molar-refractivity contribution in [3.05, 3.63) is 65.2 Å². The van der Waals surface area contributed by atoms with Crippen molar-refractivity contribution in [2.75, 3.05) is 23.2 Å². The highest BCUT2D eigenvalue weighted by Gasteiger charge is 2.39. The molecule has 2 aliphatic heterocycles. The number of nitrogens with zero attached hydrogens (tertiary/aromatic N) is 5. The highest BCUT2D eigenvalue weighted by molar-refractivity contribution is 8.00. The lowest BCUT2D eigenvalue weighted by atomic mass is 10.0. The Morgan fingerprint density at radius 2 is 1.81 bits per heavy atom. The third-order valence-electron chi connectivity index (χ3n) is 4.85. The van der Waals surface area contributed by atoms with E-state index in [0.717, 1.165) is 16.8 Å². The monoisotopic (exact) mass is 455 g/mol. The molecule has 1 amide bonds. The standard InChI is InChI=1S/C20H16ClN5O2S.C2H6/c21-15-8-6-13(7-9-15)18-16(25-12-29-11-17(25)27)10-26(23-18)20-22-19(28-24-20)14-4-2-1-3-5-14;1-2/h1-9,16H,10-12H2;1-2H3. The van der Waals surface area contributed by atoms with Crippen LogP contribution in [-0.2, 0) is 4.79 Å². The normalized spacial score (nSPS) is 18.1. The van der Waals surface area contributed by atoms with Crippen molar-refractivity contribution in [3.63, 3.8) is 0 Å². The minimum Gasteiger partial charge on any atom is -0.332 e. The summed E-state index contributed by atoms with van der Waals surface area (Å²) in [5, 5.41) is 11.2. The van der Waals surface area contributed by atoms with Gasteiger partial charge in [0.05, 0.1) is 29.9 Å². The first-order chi connectivity index (χ1) is 15.2. The molecule has 0 bridgehead atoms. The van der Waals surface area contributed by atoms with Crippen LogP contribution in [0, 0.1) is 0 Å². The molecular weight excluding hydrogens is 434 g/mol. The molecule has 0 N–H and O–H groups in total. The molecule has 31 heavy (non-hydrogen) atoms. The number of anilines is 1. The Labute approximate surface area is 190 Å². The van der Waals surface area contributed by atoms with Gasteiger partial charge in [0, 0.05) is 16.1 Å². The molecule has 1 saturated heterocycles. The number of carbonyl (C=O) groups is 1. The molecular formula is C22H22ClN5O2S. The Kier molecular flexibility index (Phi) is 6.58. The van der Waals surface area contributed by atoms with E-state index in [2.05, 4.69) is 10.1 Å². The van der Waals surface area contributed by atoms with Gasteiger partial charge in [0.1, 0.15) is 0 Å². The summed E-state index contributed by atoms with van der Waals surface area (Å²) in [5.74, 6) is 2.05. The van der Waals surface area contributed by atoms with Crippen molar-refractivity contribution in [3.8, 4) is 11.5 Å². The van der Waals surface area contributed by atoms with Crippen LogP contribution in [0.2, 0.25) is 5.02 Å². The summed E-state index contributed by atoms with van der Waals surface area (Å²) >= 11 is 7.65. The molecule has 3 heterocycles.